The van der Waals surface area contributed by atoms with Gasteiger partial charge in [-0.3, -0.25) is 4.79 Å². The maximum atomic E-state index is 12.0. The molecule has 2 nitrogen and oxygen atoms in total. The second-order valence-electron chi connectivity index (χ2n) is 5.24. The van der Waals surface area contributed by atoms with Gasteiger partial charge in [0.05, 0.1) is 0 Å². The van der Waals surface area contributed by atoms with Crippen molar-refractivity contribution >= 4 is 0 Å². The van der Waals surface area contributed by atoms with Crippen LogP contribution in [0.3, 0.4) is 0 Å². The smallest absolute Gasteiger partial charge is 0.250 e. The molecular weight excluding hydrogens is 222 g/mol. The van der Waals surface area contributed by atoms with Gasteiger partial charge >= 0.3 is 0 Å². The quantitative estimate of drug-likeness (QED) is 0.623. The highest BCUT2D eigenvalue weighted by Gasteiger charge is 2.11. The summed E-state index contributed by atoms with van der Waals surface area (Å²) in [6, 6.07) is 4.00. The zero-order valence-electron chi connectivity index (χ0n) is 12.1. The molecule has 0 radical (unpaired) electrons. The lowest BCUT2D eigenvalue weighted by Crippen LogP contribution is -2.24. The van der Waals surface area contributed by atoms with Crippen molar-refractivity contribution in [2.24, 2.45) is 0 Å². The van der Waals surface area contributed by atoms with Gasteiger partial charge in [-0.25, -0.2) is 0 Å². The van der Waals surface area contributed by atoms with Crippen LogP contribution < -0.4 is 5.56 Å². The van der Waals surface area contributed by atoms with Crippen LogP contribution in [0.1, 0.15) is 70.4 Å². The Labute approximate surface area is 111 Å². The molecule has 0 spiro atoms. The second-order valence-corrected chi connectivity index (χ2v) is 5.24. The fraction of sp³-hybridized carbons (Fsp3) is 0.688. The average Bonchev–Trinajstić information content (AvgIpc) is 2.37. The lowest BCUT2D eigenvalue weighted by Gasteiger charge is -2.20. The summed E-state index contributed by atoms with van der Waals surface area (Å²) < 4.78 is 1.96. The molecule has 1 aromatic rings. The summed E-state index contributed by atoms with van der Waals surface area (Å²) in [5, 5.41) is 0. The van der Waals surface area contributed by atoms with E-state index in [1.54, 1.807) is 6.07 Å². The molecule has 1 atom stereocenters. The molecule has 0 aromatic carbocycles. The van der Waals surface area contributed by atoms with Crippen molar-refractivity contribution in [2.45, 2.75) is 71.8 Å². The van der Waals surface area contributed by atoms with Crippen LogP contribution in [0.5, 0.6) is 0 Å². The zero-order valence-corrected chi connectivity index (χ0v) is 12.1. The summed E-state index contributed by atoms with van der Waals surface area (Å²) in [5.41, 5.74) is 1.32. The van der Waals surface area contributed by atoms with Crippen LogP contribution in [0.4, 0.5) is 0 Å². The summed E-state index contributed by atoms with van der Waals surface area (Å²) in [4.78, 5) is 12.0. The molecule has 1 aromatic heterocycles. The minimum Gasteiger partial charge on any atom is -0.312 e. The van der Waals surface area contributed by atoms with Crippen molar-refractivity contribution in [3.05, 3.63) is 34.2 Å². The molecule has 2 heteroatoms. The molecule has 0 fully saturated rings. The fourth-order valence-electron chi connectivity index (χ4n) is 2.39. The van der Waals surface area contributed by atoms with E-state index in [0.717, 1.165) is 12.8 Å². The molecule has 0 saturated heterocycles. The topological polar surface area (TPSA) is 22.0 Å². The fourth-order valence-corrected chi connectivity index (χ4v) is 2.39. The van der Waals surface area contributed by atoms with Crippen LogP contribution in [0.15, 0.2) is 23.1 Å². The van der Waals surface area contributed by atoms with E-state index in [0.29, 0.717) is 6.04 Å². The first-order valence-electron chi connectivity index (χ1n) is 7.37. The Balaban J connectivity index is 2.79. The standard InChI is InChI=1S/C16H27NO/c1-4-6-8-10-15(9-7-5-2)17-13-14(3)11-12-16(17)18/h11-13,15H,4-10H2,1-3H3. The number of hydrogen-bond acceptors (Lipinski definition) is 1. The van der Waals surface area contributed by atoms with Crippen molar-refractivity contribution in [1.82, 2.24) is 4.57 Å². The Morgan fingerprint density at radius 1 is 1.06 bits per heavy atom. The third-order valence-electron chi connectivity index (χ3n) is 3.51. The number of pyridine rings is 1. The number of aromatic nitrogens is 1. The number of hydrogen-bond donors (Lipinski definition) is 0. The van der Waals surface area contributed by atoms with Crippen LogP contribution in [0.25, 0.3) is 0 Å². The SMILES string of the molecule is CCCCCC(CCCC)n1cc(C)ccc1=O. The summed E-state index contributed by atoms with van der Waals surface area (Å²) in [6.07, 6.45) is 10.4. The Kier molecular flexibility index (Phi) is 6.77. The summed E-state index contributed by atoms with van der Waals surface area (Å²) in [7, 11) is 0. The zero-order chi connectivity index (χ0) is 13.4. The van der Waals surface area contributed by atoms with E-state index < -0.39 is 0 Å². The first-order chi connectivity index (χ1) is 8.69. The van der Waals surface area contributed by atoms with Crippen molar-refractivity contribution in [3.8, 4) is 0 Å². The largest absolute Gasteiger partial charge is 0.312 e. The van der Waals surface area contributed by atoms with Gasteiger partial charge < -0.3 is 4.57 Å². The van der Waals surface area contributed by atoms with Crippen molar-refractivity contribution in [1.29, 1.82) is 0 Å². The van der Waals surface area contributed by atoms with Crippen LogP contribution >= 0.6 is 0 Å². The average molecular weight is 249 g/mol. The molecule has 1 unspecified atom stereocenters. The lowest BCUT2D eigenvalue weighted by molar-refractivity contribution is 0.394. The van der Waals surface area contributed by atoms with Crippen LogP contribution in [-0.4, -0.2) is 4.57 Å². The third-order valence-corrected chi connectivity index (χ3v) is 3.51. The van der Waals surface area contributed by atoms with Crippen LogP contribution in [-0.2, 0) is 0 Å². The first kappa shape index (κ1) is 15.0. The van der Waals surface area contributed by atoms with Gasteiger partial charge in [-0.05, 0) is 25.3 Å². The molecule has 0 aliphatic heterocycles. The Morgan fingerprint density at radius 3 is 2.39 bits per heavy atom. The van der Waals surface area contributed by atoms with Gasteiger partial charge in [-0.15, -0.1) is 0 Å². The molecule has 0 bridgehead atoms. The number of nitrogens with zero attached hydrogens (tertiary/aromatic N) is 1. The van der Waals surface area contributed by atoms with Crippen LogP contribution in [0, 0.1) is 6.92 Å². The third kappa shape index (κ3) is 4.67. The van der Waals surface area contributed by atoms with Crippen molar-refractivity contribution in [2.75, 3.05) is 0 Å². The Bertz CT molecular complexity index is 394. The highest BCUT2D eigenvalue weighted by atomic mass is 16.1. The highest BCUT2D eigenvalue weighted by Crippen LogP contribution is 2.21. The minimum atomic E-state index is 0.151. The molecule has 102 valence electrons. The van der Waals surface area contributed by atoms with Gasteiger partial charge in [-0.2, -0.15) is 0 Å². The Morgan fingerprint density at radius 2 is 1.72 bits per heavy atom. The first-order valence-corrected chi connectivity index (χ1v) is 7.37. The molecule has 0 saturated carbocycles. The van der Waals surface area contributed by atoms with Gasteiger partial charge in [0.25, 0.3) is 5.56 Å². The summed E-state index contributed by atoms with van der Waals surface area (Å²) in [5.74, 6) is 0. The van der Waals surface area contributed by atoms with Gasteiger partial charge in [0.15, 0.2) is 0 Å². The maximum absolute atomic E-state index is 12.0. The number of rotatable bonds is 8. The highest BCUT2D eigenvalue weighted by molar-refractivity contribution is 5.08. The van der Waals surface area contributed by atoms with Gasteiger partial charge in [0, 0.05) is 18.3 Å². The van der Waals surface area contributed by atoms with E-state index in [1.807, 2.05) is 16.8 Å². The Hall–Kier alpha value is -1.05. The molecule has 0 amide bonds. The molecule has 1 heterocycles. The van der Waals surface area contributed by atoms with E-state index in [4.69, 9.17) is 0 Å². The number of unbranched alkanes of at least 4 members (excludes halogenated alkanes) is 3. The van der Waals surface area contributed by atoms with E-state index in [2.05, 4.69) is 20.8 Å². The normalized spacial score (nSPS) is 12.6. The van der Waals surface area contributed by atoms with E-state index in [9.17, 15) is 4.79 Å². The van der Waals surface area contributed by atoms with E-state index >= 15 is 0 Å². The second kappa shape index (κ2) is 8.12. The molecule has 1 rings (SSSR count). The summed E-state index contributed by atoms with van der Waals surface area (Å²) >= 11 is 0. The van der Waals surface area contributed by atoms with Gasteiger partial charge in [0.1, 0.15) is 0 Å². The maximum Gasteiger partial charge on any atom is 0.250 e. The monoisotopic (exact) mass is 249 g/mol. The summed E-state index contributed by atoms with van der Waals surface area (Å²) in [6.45, 7) is 6.49. The molecular formula is C16H27NO. The molecule has 18 heavy (non-hydrogen) atoms. The number of aryl methyl sites for hydroxylation is 1. The lowest BCUT2D eigenvalue weighted by atomic mass is 10.0. The van der Waals surface area contributed by atoms with E-state index in [1.165, 1.54) is 37.7 Å². The minimum absolute atomic E-state index is 0.151. The van der Waals surface area contributed by atoms with Crippen molar-refractivity contribution < 1.29 is 0 Å². The molecule has 0 N–H and O–H groups in total. The van der Waals surface area contributed by atoms with Crippen molar-refractivity contribution in [3.63, 3.8) is 0 Å². The predicted octanol–water partition coefficient (Wildman–Crippen LogP) is 4.47. The van der Waals surface area contributed by atoms with Crippen LogP contribution in [0.2, 0.25) is 0 Å². The predicted molar refractivity (Wildman–Crippen MR) is 78.1 cm³/mol. The van der Waals surface area contributed by atoms with E-state index in [-0.39, 0.29) is 5.56 Å². The molecule has 0 aliphatic carbocycles. The van der Waals surface area contributed by atoms with Gasteiger partial charge in [-0.1, -0.05) is 52.0 Å². The molecule has 0 aliphatic rings. The van der Waals surface area contributed by atoms with Gasteiger partial charge in [0.2, 0.25) is 0 Å².